The van der Waals surface area contributed by atoms with Gasteiger partial charge in [0.25, 0.3) is 0 Å². The van der Waals surface area contributed by atoms with Gasteiger partial charge in [-0.25, -0.2) is 0 Å². The second-order valence-corrected chi connectivity index (χ2v) is 8.22. The van der Waals surface area contributed by atoms with Crippen LogP contribution in [0.2, 0.25) is 0 Å². The van der Waals surface area contributed by atoms with Gasteiger partial charge in [0.15, 0.2) is 5.78 Å². The van der Waals surface area contributed by atoms with Gasteiger partial charge in [0.1, 0.15) is 5.75 Å². The summed E-state index contributed by atoms with van der Waals surface area (Å²) in [6.45, 7) is 0. The number of rotatable bonds is 7. The number of carbonyl (C=O) groups is 1. The Balaban J connectivity index is 1.87. The number of thioether (sulfide) groups is 1. The molecule has 0 aliphatic rings. The van der Waals surface area contributed by atoms with E-state index in [1.54, 1.807) is 31.0 Å². The Morgan fingerprint density at radius 2 is 1.81 bits per heavy atom. The molecule has 1 atom stereocenters. The van der Waals surface area contributed by atoms with Crippen molar-refractivity contribution in [1.29, 1.82) is 0 Å². The minimum Gasteiger partial charge on any atom is -0.497 e. The van der Waals surface area contributed by atoms with Crippen LogP contribution in [0.4, 0.5) is 5.69 Å². The first-order valence-electron chi connectivity index (χ1n) is 8.50. The van der Waals surface area contributed by atoms with E-state index in [1.807, 2.05) is 54.6 Å². The number of halogens is 1. The van der Waals surface area contributed by atoms with Crippen LogP contribution in [0.3, 0.4) is 0 Å². The number of hydrogen-bond donors (Lipinski definition) is 1. The first-order valence-corrected chi connectivity index (χ1v) is 10.2. The highest BCUT2D eigenvalue weighted by Gasteiger charge is 2.20. The SMILES string of the molecule is COc1ccc(C(=O)C[C@H](Sc2ccccc2N)c2cccc(Br)c2)cc1. The fourth-order valence-electron chi connectivity index (χ4n) is 2.74. The molecule has 0 radical (unpaired) electrons. The quantitative estimate of drug-likeness (QED) is 0.271. The van der Waals surface area contributed by atoms with Gasteiger partial charge in [0.2, 0.25) is 0 Å². The predicted molar refractivity (Wildman–Crippen MR) is 116 cm³/mol. The third-order valence-electron chi connectivity index (χ3n) is 4.19. The molecule has 138 valence electrons. The zero-order valence-corrected chi connectivity index (χ0v) is 17.3. The van der Waals surface area contributed by atoms with Gasteiger partial charge in [0, 0.05) is 32.3 Å². The Morgan fingerprint density at radius 1 is 1.07 bits per heavy atom. The van der Waals surface area contributed by atoms with Crippen LogP contribution < -0.4 is 10.5 Å². The number of nitrogens with two attached hydrogens (primary N) is 1. The molecule has 0 aliphatic carbocycles. The number of hydrogen-bond acceptors (Lipinski definition) is 4. The molecule has 0 saturated heterocycles. The smallest absolute Gasteiger partial charge is 0.164 e. The van der Waals surface area contributed by atoms with Gasteiger partial charge >= 0.3 is 0 Å². The first kappa shape index (κ1) is 19.5. The highest BCUT2D eigenvalue weighted by atomic mass is 79.9. The highest BCUT2D eigenvalue weighted by molar-refractivity contribution is 9.10. The van der Waals surface area contributed by atoms with Crippen molar-refractivity contribution in [2.24, 2.45) is 0 Å². The van der Waals surface area contributed by atoms with Gasteiger partial charge in [-0.2, -0.15) is 0 Å². The number of ether oxygens (including phenoxy) is 1. The van der Waals surface area contributed by atoms with Crippen LogP contribution >= 0.6 is 27.7 Å². The molecule has 2 N–H and O–H groups in total. The largest absolute Gasteiger partial charge is 0.497 e. The number of anilines is 1. The van der Waals surface area contributed by atoms with Crippen molar-refractivity contribution in [2.75, 3.05) is 12.8 Å². The molecule has 0 heterocycles. The van der Waals surface area contributed by atoms with Crippen molar-refractivity contribution in [3.05, 3.63) is 88.4 Å². The lowest BCUT2D eigenvalue weighted by Gasteiger charge is -2.18. The van der Waals surface area contributed by atoms with Crippen molar-refractivity contribution in [3.8, 4) is 5.75 Å². The van der Waals surface area contributed by atoms with Gasteiger partial charge in [-0.1, -0.05) is 40.2 Å². The van der Waals surface area contributed by atoms with Gasteiger partial charge in [-0.3, -0.25) is 4.79 Å². The summed E-state index contributed by atoms with van der Waals surface area (Å²) in [6.07, 6.45) is 0.377. The maximum atomic E-state index is 12.9. The minimum atomic E-state index is -0.0400. The Kier molecular flexibility index (Phi) is 6.58. The third kappa shape index (κ3) is 5.15. The monoisotopic (exact) mass is 441 g/mol. The minimum absolute atomic E-state index is 0.0400. The average Bonchev–Trinajstić information content (AvgIpc) is 2.69. The number of ketones is 1. The summed E-state index contributed by atoms with van der Waals surface area (Å²) in [5.41, 5.74) is 8.60. The number of methoxy groups -OCH3 is 1. The Morgan fingerprint density at radius 3 is 2.48 bits per heavy atom. The summed E-state index contributed by atoms with van der Waals surface area (Å²) in [4.78, 5) is 13.9. The molecule has 0 unspecified atom stereocenters. The number of nitrogen functional groups attached to an aromatic ring is 1. The first-order chi connectivity index (χ1) is 13.1. The van der Waals surface area contributed by atoms with Crippen LogP contribution in [0.1, 0.15) is 27.6 Å². The summed E-state index contributed by atoms with van der Waals surface area (Å²) in [5.74, 6) is 0.825. The molecule has 5 heteroatoms. The summed E-state index contributed by atoms with van der Waals surface area (Å²) in [6, 6.07) is 23.0. The van der Waals surface area contributed by atoms with Gasteiger partial charge in [-0.15, -0.1) is 11.8 Å². The molecular formula is C22H20BrNO2S. The van der Waals surface area contributed by atoms with E-state index in [0.717, 1.165) is 26.4 Å². The van der Waals surface area contributed by atoms with Crippen LogP contribution in [-0.2, 0) is 0 Å². The summed E-state index contributed by atoms with van der Waals surface area (Å²) in [7, 11) is 1.61. The van der Waals surface area contributed by atoms with E-state index >= 15 is 0 Å². The molecular weight excluding hydrogens is 422 g/mol. The van der Waals surface area contributed by atoms with Gasteiger partial charge in [0.05, 0.1) is 7.11 Å². The van der Waals surface area contributed by atoms with Crippen LogP contribution in [0.5, 0.6) is 5.75 Å². The molecule has 27 heavy (non-hydrogen) atoms. The molecule has 3 aromatic carbocycles. The van der Waals surface area contributed by atoms with Crippen LogP contribution in [0.25, 0.3) is 0 Å². The van der Waals surface area contributed by atoms with E-state index in [4.69, 9.17) is 10.5 Å². The van der Waals surface area contributed by atoms with Crippen molar-refractivity contribution in [3.63, 3.8) is 0 Å². The fourth-order valence-corrected chi connectivity index (χ4v) is 4.34. The number of carbonyl (C=O) groups excluding carboxylic acids is 1. The van der Waals surface area contributed by atoms with Gasteiger partial charge < -0.3 is 10.5 Å². The van der Waals surface area contributed by atoms with Crippen molar-refractivity contribution in [1.82, 2.24) is 0 Å². The lowest BCUT2D eigenvalue weighted by molar-refractivity contribution is 0.0982. The maximum absolute atomic E-state index is 12.9. The van der Waals surface area contributed by atoms with E-state index in [-0.39, 0.29) is 11.0 Å². The second-order valence-electron chi connectivity index (χ2n) is 6.06. The molecule has 0 aliphatic heterocycles. The number of para-hydroxylation sites is 1. The summed E-state index contributed by atoms with van der Waals surface area (Å²) >= 11 is 5.14. The number of benzene rings is 3. The molecule has 0 saturated carbocycles. The van der Waals surface area contributed by atoms with E-state index in [2.05, 4.69) is 22.0 Å². The molecule has 0 aromatic heterocycles. The Bertz CT molecular complexity index is 928. The molecule has 0 fully saturated rings. The Hall–Kier alpha value is -2.24. The zero-order chi connectivity index (χ0) is 19.2. The topological polar surface area (TPSA) is 52.3 Å². The fraction of sp³-hybridized carbons (Fsp3) is 0.136. The zero-order valence-electron chi connectivity index (χ0n) is 14.9. The van der Waals surface area contributed by atoms with Gasteiger partial charge in [-0.05, 0) is 54.1 Å². The summed E-state index contributed by atoms with van der Waals surface area (Å²) in [5, 5.41) is -0.0400. The van der Waals surface area contributed by atoms with Crippen LogP contribution in [0.15, 0.2) is 82.2 Å². The van der Waals surface area contributed by atoms with Crippen LogP contribution in [-0.4, -0.2) is 12.9 Å². The standard InChI is InChI=1S/C22H20BrNO2S/c1-26-18-11-9-15(10-12-18)20(25)14-22(16-5-4-6-17(23)13-16)27-21-8-3-2-7-19(21)24/h2-13,22H,14,24H2,1H3/t22-/m0/s1. The Labute approximate surface area is 172 Å². The number of Topliss-reactive ketones (excluding diaryl/α,β-unsaturated/α-hetero) is 1. The summed E-state index contributed by atoms with van der Waals surface area (Å²) < 4.78 is 6.16. The van der Waals surface area contributed by atoms with E-state index in [1.165, 1.54) is 0 Å². The van der Waals surface area contributed by atoms with Crippen molar-refractivity contribution < 1.29 is 9.53 Å². The van der Waals surface area contributed by atoms with E-state index in [9.17, 15) is 4.79 Å². The molecule has 0 spiro atoms. The third-order valence-corrected chi connectivity index (χ3v) is 6.03. The lowest BCUT2D eigenvalue weighted by Crippen LogP contribution is -2.06. The molecule has 3 rings (SSSR count). The normalized spacial score (nSPS) is 11.8. The molecule has 3 nitrogen and oxygen atoms in total. The van der Waals surface area contributed by atoms with Crippen LogP contribution in [0, 0.1) is 0 Å². The van der Waals surface area contributed by atoms with Crippen molar-refractivity contribution >= 4 is 39.2 Å². The van der Waals surface area contributed by atoms with E-state index < -0.39 is 0 Å². The highest BCUT2D eigenvalue weighted by Crippen LogP contribution is 2.41. The average molecular weight is 442 g/mol. The maximum Gasteiger partial charge on any atom is 0.164 e. The molecule has 3 aromatic rings. The predicted octanol–water partition coefficient (Wildman–Crippen LogP) is 6.15. The second kappa shape index (κ2) is 9.11. The lowest BCUT2D eigenvalue weighted by atomic mass is 10.0. The van der Waals surface area contributed by atoms with E-state index in [0.29, 0.717) is 12.0 Å². The molecule has 0 bridgehead atoms. The molecule has 0 amide bonds. The van der Waals surface area contributed by atoms with Crippen molar-refractivity contribution in [2.45, 2.75) is 16.6 Å².